The Labute approximate surface area is 107 Å². The van der Waals surface area contributed by atoms with E-state index in [4.69, 9.17) is 5.11 Å². The van der Waals surface area contributed by atoms with Gasteiger partial charge in [-0.2, -0.15) is 0 Å². The zero-order valence-corrected chi connectivity index (χ0v) is 11.3. The molecule has 0 radical (unpaired) electrons. The summed E-state index contributed by atoms with van der Waals surface area (Å²) in [5, 5.41) is 13.9. The molecular formula is C12H22N2O4. The summed E-state index contributed by atoms with van der Waals surface area (Å²) in [7, 11) is 0. The average molecular weight is 258 g/mol. The molecule has 0 aliphatic carbocycles. The highest BCUT2D eigenvalue weighted by Gasteiger charge is 2.27. The average Bonchev–Trinajstić information content (AvgIpc) is 2.24. The van der Waals surface area contributed by atoms with Gasteiger partial charge < -0.3 is 15.7 Å². The van der Waals surface area contributed by atoms with E-state index in [1.165, 1.54) is 6.92 Å². The maximum Gasteiger partial charge on any atom is 0.326 e. The summed E-state index contributed by atoms with van der Waals surface area (Å²) in [6.07, 6.45) is 1.02. The van der Waals surface area contributed by atoms with Crippen molar-refractivity contribution in [2.45, 2.75) is 52.6 Å². The molecule has 0 aromatic heterocycles. The highest BCUT2D eigenvalue weighted by atomic mass is 16.4. The van der Waals surface area contributed by atoms with Crippen molar-refractivity contribution in [2.24, 2.45) is 5.92 Å². The molecule has 0 aromatic rings. The number of amides is 2. The van der Waals surface area contributed by atoms with Crippen LogP contribution in [-0.2, 0) is 14.4 Å². The second-order valence-electron chi connectivity index (χ2n) is 4.61. The molecule has 3 N–H and O–H groups in total. The molecule has 104 valence electrons. The summed E-state index contributed by atoms with van der Waals surface area (Å²) in [6.45, 7) is 6.74. The molecule has 6 heteroatoms. The van der Waals surface area contributed by atoms with Gasteiger partial charge in [-0.3, -0.25) is 9.59 Å². The van der Waals surface area contributed by atoms with E-state index in [1.54, 1.807) is 13.8 Å². The maximum absolute atomic E-state index is 11.9. The Balaban J connectivity index is 4.66. The standard InChI is InChI=1S/C12H22N2O4/c1-5-6-9(12(17)18)14-11(16)10(7(2)3)13-8(4)15/h7,9-10H,5-6H2,1-4H3,(H,13,15)(H,14,16)(H,17,18). The van der Waals surface area contributed by atoms with Crippen LogP contribution < -0.4 is 10.6 Å². The van der Waals surface area contributed by atoms with Crippen LogP contribution in [0.1, 0.15) is 40.5 Å². The normalized spacial score (nSPS) is 13.8. The summed E-state index contributed by atoms with van der Waals surface area (Å²) >= 11 is 0. The van der Waals surface area contributed by atoms with Gasteiger partial charge in [0, 0.05) is 6.92 Å². The Morgan fingerprint density at radius 3 is 2.06 bits per heavy atom. The van der Waals surface area contributed by atoms with E-state index in [1.807, 2.05) is 6.92 Å². The summed E-state index contributed by atoms with van der Waals surface area (Å²) in [5.41, 5.74) is 0. The molecule has 0 aliphatic rings. The molecular weight excluding hydrogens is 236 g/mol. The lowest BCUT2D eigenvalue weighted by molar-refractivity contribution is -0.142. The van der Waals surface area contributed by atoms with Crippen LogP contribution in [0.3, 0.4) is 0 Å². The van der Waals surface area contributed by atoms with E-state index in [0.717, 1.165) is 0 Å². The molecule has 0 saturated carbocycles. The molecule has 2 unspecified atom stereocenters. The first kappa shape index (κ1) is 16.4. The highest BCUT2D eigenvalue weighted by molar-refractivity contribution is 5.90. The van der Waals surface area contributed by atoms with Crippen molar-refractivity contribution < 1.29 is 19.5 Å². The van der Waals surface area contributed by atoms with Crippen LogP contribution in [0.25, 0.3) is 0 Å². The summed E-state index contributed by atoms with van der Waals surface area (Å²) in [6, 6.07) is -1.61. The van der Waals surface area contributed by atoms with Crippen molar-refractivity contribution in [2.75, 3.05) is 0 Å². The second kappa shape index (κ2) is 7.68. The first-order chi connectivity index (χ1) is 8.29. The Kier molecular flexibility index (Phi) is 7.00. The molecule has 2 amide bonds. The molecule has 0 bridgehead atoms. The van der Waals surface area contributed by atoms with Crippen LogP contribution in [0.4, 0.5) is 0 Å². The van der Waals surface area contributed by atoms with Gasteiger partial charge in [-0.25, -0.2) is 4.79 Å². The van der Waals surface area contributed by atoms with Gasteiger partial charge in [-0.1, -0.05) is 27.2 Å². The van der Waals surface area contributed by atoms with E-state index in [9.17, 15) is 14.4 Å². The topological polar surface area (TPSA) is 95.5 Å². The van der Waals surface area contributed by atoms with Crippen molar-refractivity contribution in [1.82, 2.24) is 10.6 Å². The Bertz CT molecular complexity index is 315. The minimum atomic E-state index is -1.06. The van der Waals surface area contributed by atoms with Gasteiger partial charge in [0.2, 0.25) is 11.8 Å². The number of hydrogen-bond donors (Lipinski definition) is 3. The molecule has 0 fully saturated rings. The number of carboxylic acid groups (broad SMARTS) is 1. The van der Waals surface area contributed by atoms with Crippen molar-refractivity contribution in [1.29, 1.82) is 0 Å². The molecule has 6 nitrogen and oxygen atoms in total. The molecule has 0 spiro atoms. The Morgan fingerprint density at radius 2 is 1.72 bits per heavy atom. The third-order valence-corrected chi connectivity index (χ3v) is 2.50. The minimum Gasteiger partial charge on any atom is -0.480 e. The first-order valence-electron chi connectivity index (χ1n) is 6.09. The fourth-order valence-electron chi connectivity index (χ4n) is 1.56. The number of carbonyl (C=O) groups excluding carboxylic acids is 2. The van der Waals surface area contributed by atoms with Crippen molar-refractivity contribution in [3.05, 3.63) is 0 Å². The lowest BCUT2D eigenvalue weighted by atomic mass is 10.0. The fraction of sp³-hybridized carbons (Fsp3) is 0.750. The molecule has 2 atom stereocenters. The Morgan fingerprint density at radius 1 is 1.17 bits per heavy atom. The number of rotatable bonds is 7. The number of carbonyl (C=O) groups is 3. The van der Waals surface area contributed by atoms with Gasteiger partial charge in [0.1, 0.15) is 12.1 Å². The fourth-order valence-corrected chi connectivity index (χ4v) is 1.56. The minimum absolute atomic E-state index is 0.107. The predicted molar refractivity (Wildman–Crippen MR) is 66.9 cm³/mol. The van der Waals surface area contributed by atoms with Crippen molar-refractivity contribution >= 4 is 17.8 Å². The number of hydrogen-bond acceptors (Lipinski definition) is 3. The van der Waals surface area contributed by atoms with E-state index < -0.39 is 24.0 Å². The van der Waals surface area contributed by atoms with Crippen molar-refractivity contribution in [3.63, 3.8) is 0 Å². The monoisotopic (exact) mass is 258 g/mol. The molecule has 0 rings (SSSR count). The third-order valence-electron chi connectivity index (χ3n) is 2.50. The smallest absolute Gasteiger partial charge is 0.326 e. The van der Waals surface area contributed by atoms with E-state index in [-0.39, 0.29) is 11.8 Å². The highest BCUT2D eigenvalue weighted by Crippen LogP contribution is 2.04. The largest absolute Gasteiger partial charge is 0.480 e. The van der Waals surface area contributed by atoms with Gasteiger partial charge in [0.15, 0.2) is 0 Å². The maximum atomic E-state index is 11.9. The van der Waals surface area contributed by atoms with Gasteiger partial charge in [-0.05, 0) is 12.3 Å². The summed E-state index contributed by atoms with van der Waals surface area (Å²) in [4.78, 5) is 33.9. The molecule has 0 aliphatic heterocycles. The predicted octanol–water partition coefficient (Wildman–Crippen LogP) is 0.517. The summed E-state index contributed by atoms with van der Waals surface area (Å²) in [5.74, 6) is -1.94. The number of carboxylic acids is 1. The molecule has 0 heterocycles. The van der Waals surface area contributed by atoms with Crippen LogP contribution in [0.5, 0.6) is 0 Å². The third kappa shape index (κ3) is 5.65. The molecule has 18 heavy (non-hydrogen) atoms. The van der Waals surface area contributed by atoms with Gasteiger partial charge in [0.25, 0.3) is 0 Å². The molecule has 0 saturated heterocycles. The van der Waals surface area contributed by atoms with Crippen LogP contribution in [0.2, 0.25) is 0 Å². The Hall–Kier alpha value is -1.59. The quantitative estimate of drug-likeness (QED) is 0.620. The SMILES string of the molecule is CCCC(NC(=O)C(NC(C)=O)C(C)C)C(=O)O. The number of nitrogens with one attached hydrogen (secondary N) is 2. The van der Waals surface area contributed by atoms with E-state index >= 15 is 0 Å². The first-order valence-corrected chi connectivity index (χ1v) is 6.09. The lowest BCUT2D eigenvalue weighted by Crippen LogP contribution is -2.53. The van der Waals surface area contributed by atoms with E-state index in [0.29, 0.717) is 12.8 Å². The van der Waals surface area contributed by atoms with Crippen LogP contribution in [-0.4, -0.2) is 35.0 Å². The van der Waals surface area contributed by atoms with Gasteiger partial charge in [-0.15, -0.1) is 0 Å². The second-order valence-corrected chi connectivity index (χ2v) is 4.61. The zero-order chi connectivity index (χ0) is 14.3. The lowest BCUT2D eigenvalue weighted by Gasteiger charge is -2.23. The van der Waals surface area contributed by atoms with Gasteiger partial charge >= 0.3 is 5.97 Å². The summed E-state index contributed by atoms with van der Waals surface area (Å²) < 4.78 is 0. The molecule has 0 aromatic carbocycles. The van der Waals surface area contributed by atoms with Crippen LogP contribution in [0, 0.1) is 5.92 Å². The van der Waals surface area contributed by atoms with Crippen LogP contribution in [0.15, 0.2) is 0 Å². The van der Waals surface area contributed by atoms with E-state index in [2.05, 4.69) is 10.6 Å². The van der Waals surface area contributed by atoms with Crippen molar-refractivity contribution in [3.8, 4) is 0 Å². The zero-order valence-electron chi connectivity index (χ0n) is 11.3. The van der Waals surface area contributed by atoms with Gasteiger partial charge in [0.05, 0.1) is 0 Å². The van der Waals surface area contributed by atoms with Crippen LogP contribution >= 0.6 is 0 Å². The number of aliphatic carboxylic acids is 1.